The minimum Gasteiger partial charge on any atom is -0.491 e. The maximum atomic E-state index is 12.7. The van der Waals surface area contributed by atoms with E-state index in [0.29, 0.717) is 28.6 Å². The van der Waals surface area contributed by atoms with Crippen molar-refractivity contribution < 1.29 is 19.4 Å². The lowest BCUT2D eigenvalue weighted by Gasteiger charge is -2.32. The van der Waals surface area contributed by atoms with E-state index in [9.17, 15) is 14.7 Å². The highest BCUT2D eigenvalue weighted by Gasteiger charge is 2.21. The second-order valence-electron chi connectivity index (χ2n) is 8.71. The molecule has 8 heteroatoms. The van der Waals surface area contributed by atoms with Gasteiger partial charge in [-0.2, -0.15) is 0 Å². The topological polar surface area (TPSA) is 127 Å². The predicted molar refractivity (Wildman–Crippen MR) is 131 cm³/mol. The first-order chi connectivity index (χ1) is 16.3. The lowest BCUT2D eigenvalue weighted by Crippen LogP contribution is -2.40. The molecule has 1 saturated heterocycles. The fourth-order valence-corrected chi connectivity index (χ4v) is 4.12. The molecule has 1 amide bonds. The highest BCUT2D eigenvalue weighted by atomic mass is 16.5. The fraction of sp³-hybridized carbons (Fsp3) is 0.385. The van der Waals surface area contributed by atoms with Gasteiger partial charge in [0.1, 0.15) is 12.4 Å². The zero-order valence-corrected chi connectivity index (χ0v) is 19.4. The van der Waals surface area contributed by atoms with Crippen LogP contribution in [0.5, 0.6) is 5.75 Å². The molecule has 1 aliphatic rings. The number of nitrogens with zero attached hydrogens (tertiary/aromatic N) is 1. The largest absolute Gasteiger partial charge is 0.491 e. The van der Waals surface area contributed by atoms with Crippen molar-refractivity contribution in [2.45, 2.75) is 38.6 Å². The van der Waals surface area contributed by atoms with Gasteiger partial charge in [0, 0.05) is 24.9 Å². The molecule has 0 radical (unpaired) electrons. The number of piperidine rings is 1. The van der Waals surface area contributed by atoms with Crippen molar-refractivity contribution >= 4 is 23.9 Å². The van der Waals surface area contributed by atoms with Gasteiger partial charge in [0.2, 0.25) is 0 Å². The second-order valence-corrected chi connectivity index (χ2v) is 8.71. The smallest absolute Gasteiger partial charge is 0.305 e. The van der Waals surface area contributed by atoms with Gasteiger partial charge in [0.15, 0.2) is 0 Å². The van der Waals surface area contributed by atoms with Gasteiger partial charge in [-0.3, -0.25) is 15.0 Å². The number of carboxylic acid groups (broad SMARTS) is 1. The molecule has 3 rings (SSSR count). The number of rotatable bonds is 10. The molecule has 8 nitrogen and oxygen atoms in total. The minimum absolute atomic E-state index is 0.00545. The Labute approximate surface area is 200 Å². The fourth-order valence-electron chi connectivity index (χ4n) is 4.12. The first kappa shape index (κ1) is 25.0. The number of amidine groups is 1. The number of carboxylic acids is 1. The summed E-state index contributed by atoms with van der Waals surface area (Å²) in [6.07, 6.45) is 3.99. The van der Waals surface area contributed by atoms with Crippen molar-refractivity contribution in [3.05, 3.63) is 65.2 Å². The number of amides is 1. The average Bonchev–Trinajstić information content (AvgIpc) is 2.83. The monoisotopic (exact) mass is 464 g/mol. The van der Waals surface area contributed by atoms with Gasteiger partial charge < -0.3 is 25.5 Å². The lowest BCUT2D eigenvalue weighted by atomic mass is 9.90. The molecule has 34 heavy (non-hydrogen) atoms. The molecule has 0 saturated carbocycles. The molecule has 0 aliphatic carbocycles. The zero-order valence-electron chi connectivity index (χ0n) is 19.4. The molecule has 0 aromatic heterocycles. The van der Waals surface area contributed by atoms with E-state index >= 15 is 0 Å². The van der Waals surface area contributed by atoms with E-state index in [-0.39, 0.29) is 18.9 Å². The Morgan fingerprint density at radius 1 is 1.21 bits per heavy atom. The Morgan fingerprint density at radius 3 is 2.53 bits per heavy atom. The Balaban J connectivity index is 1.54. The molecule has 0 spiro atoms. The Hall–Kier alpha value is -3.68. The second kappa shape index (κ2) is 12.0. The van der Waals surface area contributed by atoms with Crippen molar-refractivity contribution in [2.24, 2.45) is 5.92 Å². The summed E-state index contributed by atoms with van der Waals surface area (Å²) in [6.45, 7) is 3.66. The first-order valence-electron chi connectivity index (χ1n) is 11.5. The van der Waals surface area contributed by atoms with E-state index < -0.39 is 12.0 Å². The van der Waals surface area contributed by atoms with E-state index in [4.69, 9.17) is 15.6 Å². The molecule has 2 aromatic carbocycles. The Kier molecular flexibility index (Phi) is 8.79. The molecular weight excluding hydrogens is 432 g/mol. The number of benzene rings is 2. The molecule has 180 valence electrons. The van der Waals surface area contributed by atoms with Gasteiger partial charge in [-0.1, -0.05) is 24.3 Å². The summed E-state index contributed by atoms with van der Waals surface area (Å²) >= 11 is 0. The van der Waals surface area contributed by atoms with Crippen LogP contribution in [0.25, 0.3) is 0 Å². The molecule has 1 heterocycles. The van der Waals surface area contributed by atoms with Gasteiger partial charge in [-0.15, -0.1) is 0 Å². The molecule has 1 fully saturated rings. The summed E-state index contributed by atoms with van der Waals surface area (Å²) in [5, 5.41) is 27.1. The van der Waals surface area contributed by atoms with E-state index in [1.165, 1.54) is 6.21 Å². The number of aliphatic carboxylic acids is 1. The number of ether oxygens (including phenoxy) is 1. The van der Waals surface area contributed by atoms with Crippen molar-refractivity contribution in [3.8, 4) is 5.75 Å². The normalized spacial score (nSPS) is 14.8. The van der Waals surface area contributed by atoms with Crippen LogP contribution in [0.15, 0.2) is 48.5 Å². The van der Waals surface area contributed by atoms with Crippen molar-refractivity contribution in [3.63, 3.8) is 0 Å². The van der Waals surface area contributed by atoms with Gasteiger partial charge in [0.05, 0.1) is 18.3 Å². The quantitative estimate of drug-likeness (QED) is 0.316. The van der Waals surface area contributed by atoms with E-state index in [0.717, 1.165) is 37.9 Å². The van der Waals surface area contributed by atoms with Gasteiger partial charge in [-0.05, 0) is 67.5 Å². The summed E-state index contributed by atoms with van der Waals surface area (Å²) in [7, 11) is 0. The molecule has 0 bridgehead atoms. The number of carbonyl (C=O) groups excluding carboxylic acids is 1. The third-order valence-electron chi connectivity index (χ3n) is 6.06. The summed E-state index contributed by atoms with van der Waals surface area (Å²) in [4.78, 5) is 26.1. The number of likely N-dealkylation sites (tertiary alicyclic amines) is 1. The number of hydrogen-bond acceptors (Lipinski definition) is 5. The third kappa shape index (κ3) is 7.43. The molecule has 1 aliphatic heterocycles. The number of carbonyl (C=O) groups is 2. The first-order valence-corrected chi connectivity index (χ1v) is 11.5. The van der Waals surface area contributed by atoms with Crippen LogP contribution in [0.3, 0.4) is 0 Å². The molecule has 1 atom stereocenters. The van der Waals surface area contributed by atoms with Gasteiger partial charge in [-0.25, -0.2) is 0 Å². The van der Waals surface area contributed by atoms with Gasteiger partial charge >= 0.3 is 5.97 Å². The van der Waals surface area contributed by atoms with Crippen LogP contribution < -0.4 is 10.1 Å². The van der Waals surface area contributed by atoms with Crippen LogP contribution in [0.2, 0.25) is 0 Å². The summed E-state index contributed by atoms with van der Waals surface area (Å²) < 4.78 is 5.68. The standard InChI is InChI=1S/C26H32N4O4/c1-18(28)30-11-9-20(10-12-30)13-19-5-7-22(8-6-19)26(33)29-23(15-25(31)32)17-34-24-4-2-3-21(14-24)16-27/h2-8,14,16,20,23,27-28H,9-13,15,17H2,1H3,(H,29,33)(H,31,32)/t23-/m1/s1. The number of hydrogen-bond donors (Lipinski definition) is 4. The SMILES string of the molecule is CC(=N)N1CCC(Cc2ccc(C(=O)N[C@@H](COc3cccc(C=N)c3)CC(=O)O)cc2)CC1. The third-order valence-corrected chi connectivity index (χ3v) is 6.06. The van der Waals surface area contributed by atoms with Crippen LogP contribution in [-0.4, -0.2) is 59.7 Å². The number of nitrogens with one attached hydrogen (secondary N) is 3. The van der Waals surface area contributed by atoms with Crippen molar-refractivity contribution in [2.75, 3.05) is 19.7 Å². The maximum Gasteiger partial charge on any atom is 0.305 e. The maximum absolute atomic E-state index is 12.7. The molecule has 0 unspecified atom stereocenters. The van der Waals surface area contributed by atoms with E-state index in [2.05, 4.69) is 10.2 Å². The summed E-state index contributed by atoms with van der Waals surface area (Å²) in [5.41, 5.74) is 2.31. The van der Waals surface area contributed by atoms with Crippen LogP contribution in [0.4, 0.5) is 0 Å². The van der Waals surface area contributed by atoms with Crippen molar-refractivity contribution in [1.82, 2.24) is 10.2 Å². The average molecular weight is 465 g/mol. The van der Waals surface area contributed by atoms with Crippen LogP contribution >= 0.6 is 0 Å². The molecular formula is C26H32N4O4. The molecule has 2 aromatic rings. The van der Waals surface area contributed by atoms with E-state index in [1.807, 2.05) is 19.1 Å². The summed E-state index contributed by atoms with van der Waals surface area (Å²) in [6, 6.07) is 13.7. The Morgan fingerprint density at radius 2 is 1.91 bits per heavy atom. The van der Waals surface area contributed by atoms with Crippen LogP contribution in [0.1, 0.15) is 47.7 Å². The van der Waals surface area contributed by atoms with Crippen LogP contribution in [0, 0.1) is 16.7 Å². The predicted octanol–water partition coefficient (Wildman–Crippen LogP) is 3.59. The highest BCUT2D eigenvalue weighted by Crippen LogP contribution is 2.22. The lowest BCUT2D eigenvalue weighted by molar-refractivity contribution is -0.137. The zero-order chi connectivity index (χ0) is 24.5. The van der Waals surface area contributed by atoms with Gasteiger partial charge in [0.25, 0.3) is 5.91 Å². The molecule has 4 N–H and O–H groups in total. The minimum atomic E-state index is -1.03. The van der Waals surface area contributed by atoms with Crippen molar-refractivity contribution in [1.29, 1.82) is 10.8 Å². The highest BCUT2D eigenvalue weighted by molar-refractivity contribution is 5.94. The Bertz CT molecular complexity index is 1010. The van der Waals surface area contributed by atoms with E-state index in [1.54, 1.807) is 36.4 Å². The van der Waals surface area contributed by atoms with Crippen LogP contribution in [-0.2, 0) is 11.2 Å². The summed E-state index contributed by atoms with van der Waals surface area (Å²) in [5.74, 6) is 0.335.